The van der Waals surface area contributed by atoms with E-state index in [1.807, 2.05) is 0 Å². The normalized spacial score (nSPS) is 9.65. The summed E-state index contributed by atoms with van der Waals surface area (Å²) >= 11 is 0. The topological polar surface area (TPSA) is 44.5 Å². The maximum Gasteiger partial charge on any atom is 0.126 e. The van der Waals surface area contributed by atoms with Gasteiger partial charge in [-0.05, 0) is 37.1 Å². The van der Waals surface area contributed by atoms with Crippen molar-refractivity contribution in [3.05, 3.63) is 23.3 Å². The molecule has 3 nitrogen and oxygen atoms in total. The third-order valence-corrected chi connectivity index (χ3v) is 2.60. The molecule has 0 spiro atoms. The van der Waals surface area contributed by atoms with Crippen LogP contribution >= 0.6 is 12.4 Å². The Labute approximate surface area is 110 Å². The van der Waals surface area contributed by atoms with E-state index in [2.05, 4.69) is 19.1 Å². The lowest BCUT2D eigenvalue weighted by molar-refractivity contribution is 0.384. The van der Waals surface area contributed by atoms with Crippen LogP contribution in [0.2, 0.25) is 0 Å². The minimum atomic E-state index is 0. The third-order valence-electron chi connectivity index (χ3n) is 2.60. The van der Waals surface area contributed by atoms with Gasteiger partial charge in [0.2, 0.25) is 0 Å². The predicted molar refractivity (Wildman–Crippen MR) is 73.5 cm³/mol. The van der Waals surface area contributed by atoms with E-state index in [0.717, 1.165) is 41.9 Å². The molecule has 1 aromatic rings. The van der Waals surface area contributed by atoms with Gasteiger partial charge in [0.05, 0.1) is 14.2 Å². The van der Waals surface area contributed by atoms with Crippen LogP contribution in [0.15, 0.2) is 12.1 Å². The molecule has 0 heterocycles. The van der Waals surface area contributed by atoms with Crippen LogP contribution in [0.1, 0.15) is 24.5 Å². The molecular weight excluding hydrogens is 238 g/mol. The number of methoxy groups -OCH3 is 2. The standard InChI is InChI=1S/C13H21NO2.ClH/c1-4-5-11-12(15-2)8-10(6-7-14)9-13(11)16-3;/h8-9H,4-7,14H2,1-3H3;1H. The summed E-state index contributed by atoms with van der Waals surface area (Å²) in [6, 6.07) is 4.11. The number of hydrogen-bond acceptors (Lipinski definition) is 3. The Morgan fingerprint density at radius 3 is 1.94 bits per heavy atom. The van der Waals surface area contributed by atoms with Crippen molar-refractivity contribution in [2.75, 3.05) is 20.8 Å². The zero-order valence-electron chi connectivity index (χ0n) is 10.8. The van der Waals surface area contributed by atoms with E-state index >= 15 is 0 Å². The Bertz CT molecular complexity index is 317. The Hall–Kier alpha value is -0.930. The average molecular weight is 260 g/mol. The van der Waals surface area contributed by atoms with Crippen LogP contribution in [0, 0.1) is 0 Å². The van der Waals surface area contributed by atoms with Gasteiger partial charge in [0, 0.05) is 5.56 Å². The van der Waals surface area contributed by atoms with Crippen LogP contribution in [-0.2, 0) is 12.8 Å². The summed E-state index contributed by atoms with van der Waals surface area (Å²) in [6.45, 7) is 2.78. The SMILES string of the molecule is CCCc1c(OC)cc(CCN)cc1OC.Cl. The highest BCUT2D eigenvalue weighted by Gasteiger charge is 2.11. The van der Waals surface area contributed by atoms with Crippen LogP contribution in [-0.4, -0.2) is 20.8 Å². The molecule has 0 atom stereocenters. The van der Waals surface area contributed by atoms with Crippen molar-refractivity contribution in [1.29, 1.82) is 0 Å². The number of nitrogens with two attached hydrogens (primary N) is 1. The van der Waals surface area contributed by atoms with Gasteiger partial charge in [-0.2, -0.15) is 0 Å². The molecule has 0 bridgehead atoms. The van der Waals surface area contributed by atoms with Crippen LogP contribution in [0.4, 0.5) is 0 Å². The Morgan fingerprint density at radius 1 is 1.06 bits per heavy atom. The summed E-state index contributed by atoms with van der Waals surface area (Å²) in [5.74, 6) is 1.81. The molecule has 0 aliphatic heterocycles. The quantitative estimate of drug-likeness (QED) is 0.854. The van der Waals surface area contributed by atoms with Crippen LogP contribution in [0.5, 0.6) is 11.5 Å². The highest BCUT2D eigenvalue weighted by Crippen LogP contribution is 2.31. The van der Waals surface area contributed by atoms with Crippen molar-refractivity contribution >= 4 is 12.4 Å². The fourth-order valence-electron chi connectivity index (χ4n) is 1.85. The molecular formula is C13H22ClNO2. The first-order valence-corrected chi connectivity index (χ1v) is 5.70. The van der Waals surface area contributed by atoms with E-state index in [9.17, 15) is 0 Å². The van der Waals surface area contributed by atoms with Gasteiger partial charge in [-0.1, -0.05) is 13.3 Å². The van der Waals surface area contributed by atoms with E-state index in [-0.39, 0.29) is 12.4 Å². The molecule has 0 aliphatic rings. The highest BCUT2D eigenvalue weighted by atomic mass is 35.5. The number of hydrogen-bond donors (Lipinski definition) is 1. The van der Waals surface area contributed by atoms with E-state index in [1.165, 1.54) is 0 Å². The van der Waals surface area contributed by atoms with Crippen molar-refractivity contribution in [3.8, 4) is 11.5 Å². The number of halogens is 1. The Morgan fingerprint density at radius 2 is 1.59 bits per heavy atom. The lowest BCUT2D eigenvalue weighted by Crippen LogP contribution is -2.05. The molecule has 0 saturated carbocycles. The van der Waals surface area contributed by atoms with Crippen LogP contribution in [0.3, 0.4) is 0 Å². The van der Waals surface area contributed by atoms with Crippen molar-refractivity contribution in [2.45, 2.75) is 26.2 Å². The van der Waals surface area contributed by atoms with E-state index in [0.29, 0.717) is 6.54 Å². The number of benzene rings is 1. The maximum absolute atomic E-state index is 5.56. The first-order chi connectivity index (χ1) is 7.76. The summed E-state index contributed by atoms with van der Waals surface area (Å²) in [5, 5.41) is 0. The second-order valence-corrected chi connectivity index (χ2v) is 3.77. The van der Waals surface area contributed by atoms with Gasteiger partial charge in [-0.3, -0.25) is 0 Å². The molecule has 2 N–H and O–H groups in total. The number of rotatable bonds is 6. The molecule has 1 aromatic carbocycles. The predicted octanol–water partition coefficient (Wildman–Crippen LogP) is 2.58. The first-order valence-electron chi connectivity index (χ1n) is 5.70. The number of ether oxygens (including phenoxy) is 2. The zero-order chi connectivity index (χ0) is 12.0. The van der Waals surface area contributed by atoms with Gasteiger partial charge in [0.15, 0.2) is 0 Å². The van der Waals surface area contributed by atoms with Gasteiger partial charge in [0.1, 0.15) is 11.5 Å². The second kappa shape index (κ2) is 8.20. The van der Waals surface area contributed by atoms with Crippen LogP contribution in [0.25, 0.3) is 0 Å². The molecule has 0 unspecified atom stereocenters. The largest absolute Gasteiger partial charge is 0.496 e. The molecule has 0 amide bonds. The van der Waals surface area contributed by atoms with Gasteiger partial charge in [-0.15, -0.1) is 12.4 Å². The van der Waals surface area contributed by atoms with Crippen molar-refractivity contribution < 1.29 is 9.47 Å². The summed E-state index contributed by atoms with van der Waals surface area (Å²) in [5.41, 5.74) is 7.87. The summed E-state index contributed by atoms with van der Waals surface area (Å²) in [7, 11) is 3.39. The van der Waals surface area contributed by atoms with Crippen molar-refractivity contribution in [3.63, 3.8) is 0 Å². The summed E-state index contributed by atoms with van der Waals surface area (Å²) in [4.78, 5) is 0. The molecule has 4 heteroatoms. The molecule has 0 radical (unpaired) electrons. The molecule has 0 aromatic heterocycles. The van der Waals surface area contributed by atoms with E-state index in [1.54, 1.807) is 14.2 Å². The summed E-state index contributed by atoms with van der Waals surface area (Å²) < 4.78 is 10.8. The van der Waals surface area contributed by atoms with Crippen molar-refractivity contribution in [1.82, 2.24) is 0 Å². The smallest absolute Gasteiger partial charge is 0.126 e. The first kappa shape index (κ1) is 16.1. The minimum Gasteiger partial charge on any atom is -0.496 e. The van der Waals surface area contributed by atoms with Gasteiger partial charge < -0.3 is 15.2 Å². The van der Waals surface area contributed by atoms with Gasteiger partial charge in [-0.25, -0.2) is 0 Å². The van der Waals surface area contributed by atoms with Crippen molar-refractivity contribution in [2.24, 2.45) is 5.73 Å². The Kier molecular flexibility index (Phi) is 7.75. The molecule has 17 heavy (non-hydrogen) atoms. The Balaban J connectivity index is 0.00000256. The fourth-order valence-corrected chi connectivity index (χ4v) is 1.85. The molecule has 98 valence electrons. The molecule has 0 aliphatic carbocycles. The van der Waals surface area contributed by atoms with Crippen LogP contribution < -0.4 is 15.2 Å². The molecule has 0 saturated heterocycles. The van der Waals surface area contributed by atoms with E-state index in [4.69, 9.17) is 15.2 Å². The maximum atomic E-state index is 5.56. The monoisotopic (exact) mass is 259 g/mol. The third kappa shape index (κ3) is 4.10. The fraction of sp³-hybridized carbons (Fsp3) is 0.538. The van der Waals surface area contributed by atoms with Gasteiger partial charge in [0.25, 0.3) is 0 Å². The molecule has 1 rings (SSSR count). The van der Waals surface area contributed by atoms with E-state index < -0.39 is 0 Å². The summed E-state index contributed by atoms with van der Waals surface area (Å²) in [6.07, 6.45) is 2.89. The van der Waals surface area contributed by atoms with Gasteiger partial charge >= 0.3 is 0 Å². The second-order valence-electron chi connectivity index (χ2n) is 3.77. The lowest BCUT2D eigenvalue weighted by atomic mass is 10.0. The minimum absolute atomic E-state index is 0. The zero-order valence-corrected chi connectivity index (χ0v) is 11.6. The molecule has 0 fully saturated rings. The lowest BCUT2D eigenvalue weighted by Gasteiger charge is -2.14. The highest BCUT2D eigenvalue weighted by molar-refractivity contribution is 5.85. The average Bonchev–Trinajstić information content (AvgIpc) is 2.31.